The van der Waals surface area contributed by atoms with E-state index in [4.69, 9.17) is 11.6 Å². The molecule has 3 amide bonds. The summed E-state index contributed by atoms with van der Waals surface area (Å²) >= 11 is 7.63. The average molecular weight is 493 g/mol. The van der Waals surface area contributed by atoms with Gasteiger partial charge in [-0.25, -0.2) is 4.98 Å². The predicted molar refractivity (Wildman–Crippen MR) is 129 cm³/mol. The van der Waals surface area contributed by atoms with Gasteiger partial charge in [0, 0.05) is 6.54 Å². The first-order valence-electron chi connectivity index (χ1n) is 9.82. The molecule has 3 aromatic rings. The molecular formula is C22H22Cl2N4O3S. The van der Waals surface area contributed by atoms with Crippen LogP contribution < -0.4 is 4.90 Å². The Balaban J connectivity index is 0.00000289. The van der Waals surface area contributed by atoms with Gasteiger partial charge < -0.3 is 4.90 Å². The molecule has 1 aliphatic heterocycles. The van der Waals surface area contributed by atoms with Gasteiger partial charge in [-0.05, 0) is 51.3 Å². The van der Waals surface area contributed by atoms with Crippen LogP contribution in [0.15, 0.2) is 42.5 Å². The van der Waals surface area contributed by atoms with Crippen LogP contribution in [0.5, 0.6) is 0 Å². The lowest BCUT2D eigenvalue weighted by Gasteiger charge is -2.23. The Labute approximate surface area is 201 Å². The van der Waals surface area contributed by atoms with E-state index in [-0.39, 0.29) is 24.9 Å². The van der Waals surface area contributed by atoms with Crippen LogP contribution in [0.1, 0.15) is 27.1 Å². The SMILES string of the molecule is CN(C)CCCN(C(=O)CN1C(=O)c2ccccc2C1=O)c1nc2c(Cl)cccc2s1.Cl. The molecule has 168 valence electrons. The van der Waals surface area contributed by atoms with E-state index in [1.165, 1.54) is 11.3 Å². The number of imide groups is 1. The summed E-state index contributed by atoms with van der Waals surface area (Å²) in [5.41, 5.74) is 1.28. The number of halogens is 2. The summed E-state index contributed by atoms with van der Waals surface area (Å²) < 4.78 is 0.869. The van der Waals surface area contributed by atoms with Gasteiger partial charge in [0.25, 0.3) is 11.8 Å². The molecule has 7 nitrogen and oxygen atoms in total. The van der Waals surface area contributed by atoms with Crippen LogP contribution >= 0.6 is 35.3 Å². The quantitative estimate of drug-likeness (QED) is 0.466. The second-order valence-corrected chi connectivity index (χ2v) is 8.94. The van der Waals surface area contributed by atoms with Gasteiger partial charge in [-0.1, -0.05) is 41.1 Å². The second kappa shape index (κ2) is 9.95. The molecule has 0 N–H and O–H groups in total. The molecule has 0 bridgehead atoms. The van der Waals surface area contributed by atoms with Crippen LogP contribution in [0.3, 0.4) is 0 Å². The zero-order valence-electron chi connectivity index (χ0n) is 17.6. The van der Waals surface area contributed by atoms with Crippen LogP contribution in [0, 0.1) is 0 Å². The number of hydrogen-bond acceptors (Lipinski definition) is 6. The summed E-state index contributed by atoms with van der Waals surface area (Å²) in [7, 11) is 3.92. The Bertz CT molecular complexity index is 1150. The minimum atomic E-state index is -0.450. The van der Waals surface area contributed by atoms with Gasteiger partial charge in [0.1, 0.15) is 12.1 Å². The maximum Gasteiger partial charge on any atom is 0.262 e. The maximum atomic E-state index is 13.3. The van der Waals surface area contributed by atoms with Gasteiger partial charge in [-0.15, -0.1) is 12.4 Å². The van der Waals surface area contributed by atoms with Crippen molar-refractivity contribution in [2.75, 3.05) is 38.6 Å². The monoisotopic (exact) mass is 492 g/mol. The van der Waals surface area contributed by atoms with Crippen molar-refractivity contribution in [1.29, 1.82) is 0 Å². The number of rotatable bonds is 7. The normalized spacial score (nSPS) is 12.9. The molecule has 0 spiro atoms. The number of carbonyl (C=O) groups is 3. The van der Waals surface area contributed by atoms with Gasteiger partial charge >= 0.3 is 0 Å². The maximum absolute atomic E-state index is 13.3. The summed E-state index contributed by atoms with van der Waals surface area (Å²) in [4.78, 5) is 47.8. The Morgan fingerprint density at radius 3 is 2.28 bits per heavy atom. The fourth-order valence-corrected chi connectivity index (χ4v) is 4.80. The molecule has 0 saturated heterocycles. The number of fused-ring (bicyclic) bond motifs is 2. The molecule has 32 heavy (non-hydrogen) atoms. The zero-order valence-corrected chi connectivity index (χ0v) is 20.0. The molecule has 1 aromatic heterocycles. The van der Waals surface area contributed by atoms with Crippen molar-refractivity contribution < 1.29 is 14.4 Å². The minimum Gasteiger partial charge on any atom is -0.309 e. The lowest BCUT2D eigenvalue weighted by atomic mass is 10.1. The molecule has 0 saturated carbocycles. The van der Waals surface area contributed by atoms with Crippen molar-refractivity contribution in [2.24, 2.45) is 0 Å². The Kier molecular flexibility index (Phi) is 7.51. The van der Waals surface area contributed by atoms with E-state index in [0.717, 1.165) is 16.1 Å². The molecule has 2 heterocycles. The van der Waals surface area contributed by atoms with Crippen molar-refractivity contribution >= 4 is 68.4 Å². The topological polar surface area (TPSA) is 73.8 Å². The first-order valence-corrected chi connectivity index (χ1v) is 11.0. The van der Waals surface area contributed by atoms with Gasteiger partial charge in [0.05, 0.1) is 20.8 Å². The fraction of sp³-hybridized carbons (Fsp3) is 0.273. The highest BCUT2D eigenvalue weighted by molar-refractivity contribution is 7.22. The Morgan fingerprint density at radius 2 is 1.69 bits per heavy atom. The Morgan fingerprint density at radius 1 is 1.03 bits per heavy atom. The third kappa shape index (κ3) is 4.63. The van der Waals surface area contributed by atoms with E-state index in [0.29, 0.717) is 39.8 Å². The lowest BCUT2D eigenvalue weighted by molar-refractivity contribution is -0.119. The first kappa shape index (κ1) is 24.1. The van der Waals surface area contributed by atoms with Crippen molar-refractivity contribution in [1.82, 2.24) is 14.8 Å². The number of amides is 3. The highest BCUT2D eigenvalue weighted by Gasteiger charge is 2.37. The lowest BCUT2D eigenvalue weighted by Crippen LogP contribution is -2.43. The number of carbonyl (C=O) groups excluding carboxylic acids is 3. The number of aromatic nitrogens is 1. The van der Waals surface area contributed by atoms with Gasteiger partial charge in [-0.2, -0.15) is 0 Å². The van der Waals surface area contributed by atoms with Gasteiger partial charge in [0.2, 0.25) is 5.91 Å². The van der Waals surface area contributed by atoms with Crippen LogP contribution in [0.25, 0.3) is 10.2 Å². The van der Waals surface area contributed by atoms with E-state index < -0.39 is 11.8 Å². The third-order valence-electron chi connectivity index (χ3n) is 5.05. The van der Waals surface area contributed by atoms with E-state index >= 15 is 0 Å². The number of hydrogen-bond donors (Lipinski definition) is 0. The number of benzene rings is 2. The third-order valence-corrected chi connectivity index (χ3v) is 6.40. The van der Waals surface area contributed by atoms with Crippen molar-refractivity contribution in [3.63, 3.8) is 0 Å². The minimum absolute atomic E-state index is 0. The number of anilines is 1. The number of para-hydroxylation sites is 1. The summed E-state index contributed by atoms with van der Waals surface area (Å²) in [6.07, 6.45) is 0.713. The van der Waals surface area contributed by atoms with Gasteiger partial charge in [0.15, 0.2) is 5.13 Å². The summed E-state index contributed by atoms with van der Waals surface area (Å²) in [6, 6.07) is 12.1. The standard InChI is InChI=1S/C22H21ClN4O3S.ClH/c1-25(2)11-6-12-26(22-24-19-16(23)9-5-10-17(19)31-22)18(28)13-27-20(29)14-7-3-4-8-15(14)21(27)30;/h3-5,7-10H,6,11-13H2,1-2H3;1H. The number of thiazole rings is 1. The molecule has 0 atom stereocenters. The molecule has 10 heteroatoms. The van der Waals surface area contributed by atoms with E-state index in [9.17, 15) is 14.4 Å². The molecular weight excluding hydrogens is 471 g/mol. The van der Waals surface area contributed by atoms with Crippen LogP contribution in [-0.2, 0) is 4.79 Å². The van der Waals surface area contributed by atoms with Gasteiger partial charge in [-0.3, -0.25) is 24.2 Å². The molecule has 4 rings (SSSR count). The van der Waals surface area contributed by atoms with E-state index in [2.05, 4.69) is 4.98 Å². The fourth-order valence-electron chi connectivity index (χ4n) is 3.49. The average Bonchev–Trinajstić information content (AvgIpc) is 3.27. The molecule has 0 fully saturated rings. The predicted octanol–water partition coefficient (Wildman–Crippen LogP) is 3.95. The molecule has 1 aliphatic rings. The van der Waals surface area contributed by atoms with Crippen molar-refractivity contribution in [3.8, 4) is 0 Å². The Hall–Kier alpha value is -2.52. The highest BCUT2D eigenvalue weighted by atomic mass is 35.5. The molecule has 2 aromatic carbocycles. The summed E-state index contributed by atoms with van der Waals surface area (Å²) in [5, 5.41) is 1.02. The number of nitrogens with zero attached hydrogens (tertiary/aromatic N) is 4. The second-order valence-electron chi connectivity index (χ2n) is 7.53. The van der Waals surface area contributed by atoms with Crippen molar-refractivity contribution in [2.45, 2.75) is 6.42 Å². The van der Waals surface area contributed by atoms with E-state index in [1.807, 2.05) is 31.1 Å². The van der Waals surface area contributed by atoms with Crippen LogP contribution in [-0.4, -0.2) is 66.2 Å². The molecule has 0 radical (unpaired) electrons. The highest BCUT2D eigenvalue weighted by Crippen LogP contribution is 2.33. The summed E-state index contributed by atoms with van der Waals surface area (Å²) in [6.45, 7) is 0.859. The van der Waals surface area contributed by atoms with Crippen LogP contribution in [0.2, 0.25) is 5.02 Å². The largest absolute Gasteiger partial charge is 0.309 e. The smallest absolute Gasteiger partial charge is 0.262 e. The summed E-state index contributed by atoms with van der Waals surface area (Å²) in [5.74, 6) is -1.26. The molecule has 0 unspecified atom stereocenters. The van der Waals surface area contributed by atoms with Crippen LogP contribution in [0.4, 0.5) is 5.13 Å². The first-order chi connectivity index (χ1) is 14.9. The van der Waals surface area contributed by atoms with Crippen molar-refractivity contribution in [3.05, 3.63) is 58.6 Å². The zero-order chi connectivity index (χ0) is 22.1. The van der Waals surface area contributed by atoms with E-state index in [1.54, 1.807) is 35.2 Å². The molecule has 0 aliphatic carbocycles.